The van der Waals surface area contributed by atoms with Gasteiger partial charge in [0.2, 0.25) is 0 Å². The van der Waals surface area contributed by atoms with Gasteiger partial charge in [0, 0.05) is 10.8 Å². The van der Waals surface area contributed by atoms with Gasteiger partial charge >= 0.3 is 0 Å². The van der Waals surface area contributed by atoms with Crippen LogP contribution in [0.15, 0.2) is 176 Å². The smallest absolute Gasteiger partial charge is 0.0159 e. The van der Waals surface area contributed by atoms with Crippen LogP contribution in [0.2, 0.25) is 0 Å². The standard InChI is InChI=1S/C60H50/c1-58(2,3)49-24-18-38(19-25-49)45-20-26-50-52-28-22-47(35-56(52)59(4,5)54(50)33-45)48-23-29-53-51-27-21-46(34-55(51)60(6,7)57(53)36-48)44-17-16-42-31-41(14-15-43(42)32-44)40-13-12-37-10-8-9-11-39(37)30-40/h8-36H,1-7H3. The fourth-order valence-corrected chi connectivity index (χ4v) is 10.3. The normalized spacial score (nSPS) is 14.5. The van der Waals surface area contributed by atoms with E-state index in [4.69, 9.17) is 0 Å². The van der Waals surface area contributed by atoms with Crippen LogP contribution >= 0.6 is 0 Å². The van der Waals surface area contributed by atoms with Crippen molar-refractivity contribution in [2.24, 2.45) is 0 Å². The summed E-state index contributed by atoms with van der Waals surface area (Å²) in [5, 5.41) is 5.07. The maximum Gasteiger partial charge on any atom is 0.0159 e. The van der Waals surface area contributed by atoms with Gasteiger partial charge in [0.25, 0.3) is 0 Å². The van der Waals surface area contributed by atoms with Gasteiger partial charge in [0.1, 0.15) is 0 Å². The van der Waals surface area contributed by atoms with Crippen LogP contribution in [0.3, 0.4) is 0 Å². The topological polar surface area (TPSA) is 0 Å². The van der Waals surface area contributed by atoms with Gasteiger partial charge in [-0.15, -0.1) is 0 Å². The van der Waals surface area contributed by atoms with Crippen molar-refractivity contribution >= 4 is 21.5 Å². The molecule has 0 N–H and O–H groups in total. The van der Waals surface area contributed by atoms with Crippen molar-refractivity contribution in [3.63, 3.8) is 0 Å². The molecule has 0 unspecified atom stereocenters. The SMILES string of the molecule is CC(C)(C)c1ccc(-c2ccc3c(c2)C(C)(C)c2cc(-c4ccc5c(c4)C(C)(C)c4cc(-c6ccc7cc(-c8ccc9ccccc9c8)ccc7c6)ccc4-5)ccc2-3)cc1. The van der Waals surface area contributed by atoms with Crippen molar-refractivity contribution in [2.45, 2.75) is 64.7 Å². The van der Waals surface area contributed by atoms with E-state index in [0.29, 0.717) is 0 Å². The van der Waals surface area contributed by atoms with Crippen molar-refractivity contribution < 1.29 is 0 Å². The van der Waals surface area contributed by atoms with E-state index >= 15 is 0 Å². The van der Waals surface area contributed by atoms with E-state index in [0.717, 1.165) is 0 Å². The second-order valence-electron chi connectivity index (χ2n) is 19.5. The van der Waals surface area contributed by atoms with Crippen molar-refractivity contribution in [2.75, 3.05) is 0 Å². The molecule has 9 aromatic rings. The average Bonchev–Trinajstić information content (AvgIpc) is 3.63. The van der Waals surface area contributed by atoms with E-state index in [-0.39, 0.29) is 16.2 Å². The molecule has 60 heavy (non-hydrogen) atoms. The lowest BCUT2D eigenvalue weighted by Crippen LogP contribution is -2.15. The van der Waals surface area contributed by atoms with Gasteiger partial charge in [-0.25, -0.2) is 0 Å². The summed E-state index contributed by atoms with van der Waals surface area (Å²) in [7, 11) is 0. The molecule has 0 spiro atoms. The Labute approximate surface area is 355 Å². The first kappa shape index (κ1) is 36.6. The first-order chi connectivity index (χ1) is 28.8. The molecule has 0 bridgehead atoms. The summed E-state index contributed by atoms with van der Waals surface area (Å²) in [6.07, 6.45) is 0. The Kier molecular flexibility index (Phi) is 7.92. The maximum absolute atomic E-state index is 2.47. The third-order valence-electron chi connectivity index (χ3n) is 14.0. The highest BCUT2D eigenvalue weighted by atomic mass is 14.4. The minimum atomic E-state index is -0.129. The molecule has 0 fully saturated rings. The van der Waals surface area contributed by atoms with E-state index in [1.165, 1.54) is 116 Å². The first-order valence-electron chi connectivity index (χ1n) is 21.6. The number of hydrogen-bond acceptors (Lipinski definition) is 0. The van der Waals surface area contributed by atoms with Gasteiger partial charge in [-0.3, -0.25) is 0 Å². The Morgan fingerprint density at radius 3 is 0.950 bits per heavy atom. The first-order valence-corrected chi connectivity index (χ1v) is 21.6. The molecule has 0 aliphatic heterocycles. The maximum atomic E-state index is 2.47. The molecule has 0 saturated heterocycles. The summed E-state index contributed by atoms with van der Waals surface area (Å²) in [4.78, 5) is 0. The summed E-state index contributed by atoms with van der Waals surface area (Å²) < 4.78 is 0. The van der Waals surface area contributed by atoms with Crippen LogP contribution < -0.4 is 0 Å². The van der Waals surface area contributed by atoms with E-state index in [1.807, 2.05) is 0 Å². The van der Waals surface area contributed by atoms with Gasteiger partial charge < -0.3 is 0 Å². The molecule has 9 aromatic carbocycles. The van der Waals surface area contributed by atoms with Crippen LogP contribution in [0.1, 0.15) is 76.3 Å². The summed E-state index contributed by atoms with van der Waals surface area (Å²) in [6, 6.07) is 66.8. The molecule has 0 atom stereocenters. The highest BCUT2D eigenvalue weighted by Crippen LogP contribution is 2.53. The molecular weight excluding hydrogens is 721 g/mol. The van der Waals surface area contributed by atoms with Gasteiger partial charge in [0.05, 0.1) is 0 Å². The number of hydrogen-bond donors (Lipinski definition) is 0. The van der Waals surface area contributed by atoms with E-state index in [2.05, 4.69) is 224 Å². The number of rotatable bonds is 4. The number of benzene rings is 9. The second-order valence-corrected chi connectivity index (χ2v) is 19.5. The van der Waals surface area contributed by atoms with Crippen molar-refractivity contribution in [3.05, 3.63) is 204 Å². The molecule has 0 radical (unpaired) electrons. The van der Waals surface area contributed by atoms with Crippen LogP contribution in [0.25, 0.3) is 88.3 Å². The summed E-state index contributed by atoms with van der Waals surface area (Å²) in [5.41, 5.74) is 22.4. The van der Waals surface area contributed by atoms with Crippen LogP contribution in [-0.4, -0.2) is 0 Å². The minimum absolute atomic E-state index is 0.104. The molecule has 0 heteroatoms. The zero-order valence-electron chi connectivity index (χ0n) is 35.7. The highest BCUT2D eigenvalue weighted by molar-refractivity contribution is 5.94. The zero-order chi connectivity index (χ0) is 41.1. The number of fused-ring (bicyclic) bond motifs is 8. The van der Waals surface area contributed by atoms with Crippen molar-refractivity contribution in [3.8, 4) is 66.8 Å². The summed E-state index contributed by atoms with van der Waals surface area (Å²) in [6.45, 7) is 16.4. The van der Waals surface area contributed by atoms with Crippen molar-refractivity contribution in [1.29, 1.82) is 0 Å². The van der Waals surface area contributed by atoms with Gasteiger partial charge in [-0.2, -0.15) is 0 Å². The Bertz CT molecular complexity index is 3220. The van der Waals surface area contributed by atoms with Crippen LogP contribution in [0.4, 0.5) is 0 Å². The van der Waals surface area contributed by atoms with E-state index in [9.17, 15) is 0 Å². The molecular formula is C60H50. The molecule has 11 rings (SSSR count). The molecule has 2 aliphatic carbocycles. The Morgan fingerprint density at radius 1 is 0.283 bits per heavy atom. The summed E-state index contributed by atoms with van der Waals surface area (Å²) in [5.74, 6) is 0. The molecule has 0 heterocycles. The second kappa shape index (κ2) is 13.0. The quantitative estimate of drug-likeness (QED) is 0.167. The largest absolute Gasteiger partial charge is 0.0616 e. The fourth-order valence-electron chi connectivity index (χ4n) is 10.3. The predicted octanol–water partition coefficient (Wildman–Crippen LogP) is 16.6. The lowest BCUT2D eigenvalue weighted by Gasteiger charge is -2.24. The summed E-state index contributed by atoms with van der Waals surface area (Å²) >= 11 is 0. The average molecular weight is 771 g/mol. The highest BCUT2D eigenvalue weighted by Gasteiger charge is 2.38. The lowest BCUT2D eigenvalue weighted by atomic mass is 9.79. The Balaban J connectivity index is 0.880. The third-order valence-corrected chi connectivity index (χ3v) is 14.0. The molecule has 0 amide bonds. The molecule has 2 aliphatic rings. The van der Waals surface area contributed by atoms with Crippen LogP contribution in [-0.2, 0) is 16.2 Å². The van der Waals surface area contributed by atoms with Gasteiger partial charge in [-0.05, 0) is 164 Å². The Morgan fingerprint density at radius 2 is 0.567 bits per heavy atom. The van der Waals surface area contributed by atoms with E-state index < -0.39 is 0 Å². The van der Waals surface area contributed by atoms with Crippen LogP contribution in [0.5, 0.6) is 0 Å². The van der Waals surface area contributed by atoms with Crippen LogP contribution in [0, 0.1) is 0 Å². The minimum Gasteiger partial charge on any atom is -0.0616 e. The molecule has 0 saturated carbocycles. The fraction of sp³-hybridized carbons (Fsp3) is 0.167. The molecule has 290 valence electrons. The predicted molar refractivity (Wildman–Crippen MR) is 257 cm³/mol. The lowest BCUT2D eigenvalue weighted by molar-refractivity contribution is 0.590. The Hall–Kier alpha value is -6.50. The van der Waals surface area contributed by atoms with Gasteiger partial charge in [-0.1, -0.05) is 182 Å². The van der Waals surface area contributed by atoms with E-state index in [1.54, 1.807) is 0 Å². The molecule has 0 nitrogen and oxygen atoms in total. The monoisotopic (exact) mass is 770 g/mol. The van der Waals surface area contributed by atoms with Gasteiger partial charge in [0.15, 0.2) is 0 Å². The molecule has 0 aromatic heterocycles. The third kappa shape index (κ3) is 5.72. The van der Waals surface area contributed by atoms with Crippen molar-refractivity contribution in [1.82, 2.24) is 0 Å². The zero-order valence-corrected chi connectivity index (χ0v) is 35.7.